The summed E-state index contributed by atoms with van der Waals surface area (Å²) < 4.78 is 1.67. The normalized spacial score (nSPS) is 12.7. The fourth-order valence-corrected chi connectivity index (χ4v) is 3.45. The maximum absolute atomic E-state index is 12.2. The number of hydrogen-bond acceptors (Lipinski definition) is 5. The molecule has 2 heterocycles. The molecule has 6 nitrogen and oxygen atoms in total. The Morgan fingerprint density at radius 1 is 1.45 bits per heavy atom. The van der Waals surface area contributed by atoms with Crippen LogP contribution in [-0.4, -0.2) is 39.2 Å². The molecule has 1 atom stereocenters. The van der Waals surface area contributed by atoms with Crippen molar-refractivity contribution in [2.45, 2.75) is 33.7 Å². The van der Waals surface area contributed by atoms with Gasteiger partial charge in [0, 0.05) is 24.0 Å². The summed E-state index contributed by atoms with van der Waals surface area (Å²) >= 11 is 1.69. The summed E-state index contributed by atoms with van der Waals surface area (Å²) in [5, 5.41) is 8.18. The Hall–Kier alpha value is -1.73. The van der Waals surface area contributed by atoms with Gasteiger partial charge in [0.05, 0.1) is 22.9 Å². The third-order valence-electron chi connectivity index (χ3n) is 3.64. The van der Waals surface area contributed by atoms with Gasteiger partial charge in [0.15, 0.2) is 0 Å². The van der Waals surface area contributed by atoms with Gasteiger partial charge in [-0.25, -0.2) is 4.98 Å². The number of hydrogen-bond donors (Lipinski definition) is 1. The monoisotopic (exact) mass is 321 g/mol. The SMILES string of the molecule is Cc1cc(NC(=O)CN(C)[C@@H](C)c2sc(C)nc2C)n(C)n1. The van der Waals surface area contributed by atoms with Crippen LogP contribution in [0.3, 0.4) is 0 Å². The van der Waals surface area contributed by atoms with Crippen LogP contribution in [0.25, 0.3) is 0 Å². The largest absolute Gasteiger partial charge is 0.310 e. The molecule has 2 aromatic heterocycles. The number of thiazole rings is 1. The van der Waals surface area contributed by atoms with Gasteiger partial charge in [-0.2, -0.15) is 5.10 Å². The molecule has 0 unspecified atom stereocenters. The second kappa shape index (κ2) is 6.58. The zero-order valence-electron chi connectivity index (χ0n) is 14.0. The molecule has 1 N–H and O–H groups in total. The van der Waals surface area contributed by atoms with E-state index >= 15 is 0 Å². The highest BCUT2D eigenvalue weighted by atomic mass is 32.1. The smallest absolute Gasteiger partial charge is 0.239 e. The van der Waals surface area contributed by atoms with Crippen molar-refractivity contribution in [1.29, 1.82) is 0 Å². The van der Waals surface area contributed by atoms with Crippen LogP contribution in [0, 0.1) is 20.8 Å². The van der Waals surface area contributed by atoms with Crippen LogP contribution in [0.4, 0.5) is 5.82 Å². The van der Waals surface area contributed by atoms with Crippen LogP contribution in [0.5, 0.6) is 0 Å². The van der Waals surface area contributed by atoms with Crippen molar-refractivity contribution < 1.29 is 4.79 Å². The quantitative estimate of drug-likeness (QED) is 0.919. The predicted octanol–water partition coefficient (Wildman–Crippen LogP) is 2.43. The van der Waals surface area contributed by atoms with Gasteiger partial charge in [-0.3, -0.25) is 14.4 Å². The molecule has 22 heavy (non-hydrogen) atoms. The third kappa shape index (κ3) is 3.72. The van der Waals surface area contributed by atoms with Crippen LogP contribution < -0.4 is 5.32 Å². The number of anilines is 1. The molecule has 0 saturated heterocycles. The topological polar surface area (TPSA) is 63.1 Å². The van der Waals surface area contributed by atoms with Crippen molar-refractivity contribution in [1.82, 2.24) is 19.7 Å². The highest BCUT2D eigenvalue weighted by molar-refractivity contribution is 7.11. The van der Waals surface area contributed by atoms with E-state index in [9.17, 15) is 4.79 Å². The standard InChI is InChI=1S/C15H23N5OS/c1-9-7-13(20(6)18-9)17-14(21)8-19(5)11(3)15-10(2)16-12(4)22-15/h7,11H,8H2,1-6H3,(H,17,21)/t11-/m0/s1. The van der Waals surface area contributed by atoms with E-state index in [4.69, 9.17) is 0 Å². The van der Waals surface area contributed by atoms with E-state index in [2.05, 4.69) is 22.3 Å². The number of amides is 1. The van der Waals surface area contributed by atoms with Crippen molar-refractivity contribution in [3.63, 3.8) is 0 Å². The molecular formula is C15H23N5OS. The molecule has 0 aliphatic rings. The Bertz CT molecular complexity index is 676. The zero-order chi connectivity index (χ0) is 16.4. The number of aromatic nitrogens is 3. The summed E-state index contributed by atoms with van der Waals surface area (Å²) in [7, 11) is 3.77. The number of carbonyl (C=O) groups is 1. The second-order valence-corrected chi connectivity index (χ2v) is 6.85. The molecule has 120 valence electrons. The number of aryl methyl sites for hydroxylation is 4. The second-order valence-electron chi connectivity index (χ2n) is 5.62. The first-order valence-electron chi connectivity index (χ1n) is 7.22. The first kappa shape index (κ1) is 16.6. The van der Waals surface area contributed by atoms with Gasteiger partial charge < -0.3 is 5.32 Å². The Labute approximate surface area is 135 Å². The van der Waals surface area contributed by atoms with Gasteiger partial charge in [0.1, 0.15) is 5.82 Å². The van der Waals surface area contributed by atoms with E-state index in [-0.39, 0.29) is 11.9 Å². The lowest BCUT2D eigenvalue weighted by Gasteiger charge is -2.23. The van der Waals surface area contributed by atoms with E-state index in [1.807, 2.05) is 45.8 Å². The first-order chi connectivity index (χ1) is 10.3. The fourth-order valence-electron chi connectivity index (χ4n) is 2.41. The first-order valence-corrected chi connectivity index (χ1v) is 8.04. The van der Waals surface area contributed by atoms with E-state index < -0.39 is 0 Å². The molecule has 0 radical (unpaired) electrons. The third-order valence-corrected chi connectivity index (χ3v) is 4.89. The minimum Gasteiger partial charge on any atom is -0.310 e. The molecule has 2 aromatic rings. The lowest BCUT2D eigenvalue weighted by molar-refractivity contribution is -0.117. The Balaban J connectivity index is 1.99. The lowest BCUT2D eigenvalue weighted by atomic mass is 10.2. The van der Waals surface area contributed by atoms with E-state index in [0.717, 1.165) is 16.4 Å². The Morgan fingerprint density at radius 3 is 2.64 bits per heavy atom. The van der Waals surface area contributed by atoms with Crippen molar-refractivity contribution in [3.8, 4) is 0 Å². The molecule has 2 rings (SSSR count). The van der Waals surface area contributed by atoms with Crippen LogP contribution in [0.1, 0.15) is 34.2 Å². The van der Waals surface area contributed by atoms with Crippen molar-refractivity contribution in [3.05, 3.63) is 27.3 Å². The molecule has 0 aliphatic carbocycles. The van der Waals surface area contributed by atoms with E-state index in [1.54, 1.807) is 16.0 Å². The van der Waals surface area contributed by atoms with Gasteiger partial charge in [0.2, 0.25) is 5.91 Å². The maximum Gasteiger partial charge on any atom is 0.239 e. The molecule has 0 saturated carbocycles. The molecule has 7 heteroatoms. The van der Waals surface area contributed by atoms with Gasteiger partial charge in [-0.1, -0.05) is 0 Å². The van der Waals surface area contributed by atoms with Gasteiger partial charge in [-0.05, 0) is 34.7 Å². The average Bonchev–Trinajstić information content (AvgIpc) is 2.90. The molecule has 0 fully saturated rings. The van der Waals surface area contributed by atoms with E-state index in [0.29, 0.717) is 12.4 Å². The summed E-state index contributed by atoms with van der Waals surface area (Å²) in [6.07, 6.45) is 0. The summed E-state index contributed by atoms with van der Waals surface area (Å²) in [6.45, 7) is 8.34. The summed E-state index contributed by atoms with van der Waals surface area (Å²) in [4.78, 5) is 19.9. The molecule has 1 amide bonds. The predicted molar refractivity (Wildman–Crippen MR) is 89.2 cm³/mol. The Morgan fingerprint density at radius 2 is 2.14 bits per heavy atom. The summed E-state index contributed by atoms with van der Waals surface area (Å²) in [5.74, 6) is 0.671. The molecule has 0 aliphatic heterocycles. The number of nitrogens with one attached hydrogen (secondary N) is 1. The molecule has 0 bridgehead atoms. The minimum absolute atomic E-state index is 0.0451. The molecule has 0 spiro atoms. The van der Waals surface area contributed by atoms with Gasteiger partial charge in [-0.15, -0.1) is 11.3 Å². The van der Waals surface area contributed by atoms with Crippen LogP contribution >= 0.6 is 11.3 Å². The maximum atomic E-state index is 12.2. The van der Waals surface area contributed by atoms with Crippen molar-refractivity contribution >= 4 is 23.1 Å². The summed E-state index contributed by atoms with van der Waals surface area (Å²) in [5.41, 5.74) is 1.93. The van der Waals surface area contributed by atoms with Gasteiger partial charge >= 0.3 is 0 Å². The van der Waals surface area contributed by atoms with Gasteiger partial charge in [0.25, 0.3) is 0 Å². The number of nitrogens with zero attached hydrogens (tertiary/aromatic N) is 4. The van der Waals surface area contributed by atoms with Crippen LogP contribution in [0.2, 0.25) is 0 Å². The van der Waals surface area contributed by atoms with Crippen LogP contribution in [0.15, 0.2) is 6.07 Å². The highest BCUT2D eigenvalue weighted by Gasteiger charge is 2.19. The number of likely N-dealkylation sites (N-methyl/N-ethyl adjacent to an activating group) is 1. The number of carbonyl (C=O) groups excluding carboxylic acids is 1. The lowest BCUT2D eigenvalue weighted by Crippen LogP contribution is -2.32. The van der Waals surface area contributed by atoms with E-state index in [1.165, 1.54) is 4.88 Å². The number of rotatable bonds is 5. The molecule has 0 aromatic carbocycles. The van der Waals surface area contributed by atoms with Crippen molar-refractivity contribution in [2.75, 3.05) is 18.9 Å². The summed E-state index contributed by atoms with van der Waals surface area (Å²) in [6, 6.07) is 2.02. The minimum atomic E-state index is -0.0451. The highest BCUT2D eigenvalue weighted by Crippen LogP contribution is 2.27. The van der Waals surface area contributed by atoms with Crippen LogP contribution in [-0.2, 0) is 11.8 Å². The molecular weight excluding hydrogens is 298 g/mol. The average molecular weight is 321 g/mol. The zero-order valence-corrected chi connectivity index (χ0v) is 14.8. The Kier molecular flexibility index (Phi) is 4.97. The van der Waals surface area contributed by atoms with Crippen molar-refractivity contribution in [2.24, 2.45) is 7.05 Å². The fraction of sp³-hybridized carbons (Fsp3) is 0.533.